The van der Waals surface area contributed by atoms with Gasteiger partial charge in [0.15, 0.2) is 0 Å². The van der Waals surface area contributed by atoms with Crippen LogP contribution >= 0.6 is 0 Å². The van der Waals surface area contributed by atoms with Crippen molar-refractivity contribution in [3.8, 4) is 0 Å². The first-order valence-corrected chi connectivity index (χ1v) is 16.3. The Morgan fingerprint density at radius 3 is 2.61 bits per heavy atom. The Labute approximate surface area is 258 Å². The minimum Gasteiger partial charge on any atom is -0.395 e. The monoisotopic (exact) mass is 601 g/mol. The molecule has 4 fully saturated rings. The third kappa shape index (κ3) is 7.04. The highest BCUT2D eigenvalue weighted by Crippen LogP contribution is 2.56. The smallest absolute Gasteiger partial charge is 0.270 e. The van der Waals surface area contributed by atoms with E-state index in [1.807, 2.05) is 6.07 Å². The lowest BCUT2D eigenvalue weighted by molar-refractivity contribution is -0.118. The molecule has 44 heavy (non-hydrogen) atoms. The summed E-state index contributed by atoms with van der Waals surface area (Å²) < 4.78 is 0. The standard InChI is InChI=1S/C33H43N7O4/c41-27(18-40-10-9-22-3-1-2-4-24(22)17-40)16-34-31(42)28-11-29(36-20-35-28)37-25-12-33(13-25)14-26(15-33)38-32(43)30(23-7-8-23)39-44-19-21-5-6-21/h1-4,11,20-21,23,25-27,41H,5-10,12-19H2,(H,34,42)(H,38,43)(H,35,36,37)/t25?,26?,27-,33?/m0/s1. The van der Waals surface area contributed by atoms with Gasteiger partial charge in [-0.3, -0.25) is 14.5 Å². The van der Waals surface area contributed by atoms with Crippen molar-refractivity contribution in [1.82, 2.24) is 25.5 Å². The lowest BCUT2D eigenvalue weighted by atomic mass is 9.52. The molecular weight excluding hydrogens is 558 g/mol. The number of benzene rings is 1. The van der Waals surface area contributed by atoms with Crippen LogP contribution in [0.25, 0.3) is 0 Å². The first-order valence-electron chi connectivity index (χ1n) is 16.3. The molecule has 2 amide bonds. The number of oxime groups is 1. The topological polar surface area (TPSA) is 141 Å². The SMILES string of the molecule is O=C(NC1CC2(C1)CC(Nc1cc(C(=O)NC[C@H](O)CN3CCc4ccccc4C3)ncn1)C2)C(=NOCC1CC1)C1CC1. The van der Waals surface area contributed by atoms with Crippen molar-refractivity contribution in [1.29, 1.82) is 0 Å². The van der Waals surface area contributed by atoms with E-state index in [2.05, 4.69) is 54.2 Å². The fourth-order valence-electron chi connectivity index (χ4n) is 7.07. The molecule has 0 radical (unpaired) electrons. The molecule has 1 aromatic carbocycles. The van der Waals surface area contributed by atoms with Gasteiger partial charge >= 0.3 is 0 Å². The van der Waals surface area contributed by atoms with Crippen LogP contribution in [0.1, 0.15) is 73.0 Å². The van der Waals surface area contributed by atoms with Crippen molar-refractivity contribution in [3.63, 3.8) is 0 Å². The molecular formula is C33H43N7O4. The van der Waals surface area contributed by atoms with Crippen LogP contribution < -0.4 is 16.0 Å². The van der Waals surface area contributed by atoms with Gasteiger partial charge in [-0.1, -0.05) is 29.4 Å². The Bertz CT molecular complexity index is 1390. The average Bonchev–Trinajstić information content (AvgIpc) is 3.92. The molecule has 2 heterocycles. The zero-order valence-electron chi connectivity index (χ0n) is 25.2. The number of rotatable bonds is 13. The molecule has 1 spiro atoms. The van der Waals surface area contributed by atoms with Crippen LogP contribution in [0.4, 0.5) is 5.82 Å². The Hall–Kier alpha value is -3.57. The molecule has 11 nitrogen and oxygen atoms in total. The van der Waals surface area contributed by atoms with Crippen molar-refractivity contribution in [2.45, 2.75) is 82.5 Å². The van der Waals surface area contributed by atoms with Gasteiger partial charge in [0.1, 0.15) is 30.2 Å². The summed E-state index contributed by atoms with van der Waals surface area (Å²) >= 11 is 0. The van der Waals surface area contributed by atoms with Crippen LogP contribution in [0.5, 0.6) is 0 Å². The number of anilines is 1. The minimum atomic E-state index is -0.667. The maximum Gasteiger partial charge on any atom is 0.270 e. The Morgan fingerprint density at radius 2 is 1.84 bits per heavy atom. The van der Waals surface area contributed by atoms with Gasteiger partial charge in [-0.2, -0.15) is 0 Å². The number of aromatic nitrogens is 2. The van der Waals surface area contributed by atoms with Crippen LogP contribution in [-0.4, -0.2) is 81.9 Å². The Morgan fingerprint density at radius 1 is 1.07 bits per heavy atom. The fraction of sp³-hybridized carbons (Fsp3) is 0.606. The fourth-order valence-corrected chi connectivity index (χ4v) is 7.07. The number of fused-ring (bicyclic) bond motifs is 1. The van der Waals surface area contributed by atoms with Gasteiger partial charge < -0.3 is 25.9 Å². The predicted molar refractivity (Wildman–Crippen MR) is 165 cm³/mol. The lowest BCUT2D eigenvalue weighted by Gasteiger charge is -2.57. The molecule has 7 rings (SSSR count). The number of amides is 2. The number of nitrogens with one attached hydrogen (secondary N) is 3. The Balaban J connectivity index is 0.816. The van der Waals surface area contributed by atoms with Gasteiger partial charge in [0.2, 0.25) is 0 Å². The van der Waals surface area contributed by atoms with E-state index in [1.54, 1.807) is 6.07 Å². The third-order valence-electron chi connectivity index (χ3n) is 9.85. The number of hydrogen-bond acceptors (Lipinski definition) is 9. The van der Waals surface area contributed by atoms with E-state index in [0.29, 0.717) is 30.6 Å². The molecule has 1 aromatic heterocycles. The summed E-state index contributed by atoms with van der Waals surface area (Å²) in [7, 11) is 0. The van der Waals surface area contributed by atoms with Crippen molar-refractivity contribution in [2.24, 2.45) is 22.4 Å². The summed E-state index contributed by atoms with van der Waals surface area (Å²) in [6.07, 6.45) is 10.1. The summed E-state index contributed by atoms with van der Waals surface area (Å²) in [5.41, 5.74) is 3.78. The summed E-state index contributed by atoms with van der Waals surface area (Å²) in [5.74, 6) is 1.11. The first-order chi connectivity index (χ1) is 21.4. The number of carbonyl (C=O) groups excluding carboxylic acids is 2. The van der Waals surface area contributed by atoms with E-state index >= 15 is 0 Å². The van der Waals surface area contributed by atoms with Crippen molar-refractivity contribution >= 4 is 23.3 Å². The molecule has 2 aromatic rings. The molecule has 1 atom stereocenters. The normalized spacial score (nSPS) is 27.0. The van der Waals surface area contributed by atoms with Gasteiger partial charge in [0, 0.05) is 50.2 Å². The third-order valence-corrected chi connectivity index (χ3v) is 9.85. The number of aliphatic hydroxyl groups is 1. The lowest BCUT2D eigenvalue weighted by Crippen LogP contribution is -2.59. The molecule has 4 N–H and O–H groups in total. The molecule has 1 aliphatic heterocycles. The largest absolute Gasteiger partial charge is 0.395 e. The highest BCUT2D eigenvalue weighted by Gasteiger charge is 2.53. The van der Waals surface area contributed by atoms with E-state index in [1.165, 1.54) is 30.3 Å². The zero-order chi connectivity index (χ0) is 30.1. The van der Waals surface area contributed by atoms with Gasteiger partial charge in [-0.05, 0) is 80.2 Å². The van der Waals surface area contributed by atoms with Gasteiger partial charge in [0.05, 0.1) is 6.10 Å². The molecule has 0 bridgehead atoms. The van der Waals surface area contributed by atoms with Crippen LogP contribution in [0.15, 0.2) is 41.8 Å². The van der Waals surface area contributed by atoms with Crippen molar-refractivity contribution in [2.75, 3.05) is 31.6 Å². The predicted octanol–water partition coefficient (Wildman–Crippen LogP) is 2.66. The molecule has 11 heteroatoms. The molecule has 234 valence electrons. The zero-order valence-corrected chi connectivity index (χ0v) is 25.2. The second-order valence-electron chi connectivity index (χ2n) is 13.7. The molecule has 4 saturated carbocycles. The van der Waals surface area contributed by atoms with E-state index in [-0.39, 0.29) is 47.5 Å². The number of carbonyl (C=O) groups is 2. The highest BCUT2D eigenvalue weighted by atomic mass is 16.6. The average molecular weight is 602 g/mol. The van der Waals surface area contributed by atoms with Crippen LogP contribution in [0.2, 0.25) is 0 Å². The van der Waals surface area contributed by atoms with Crippen molar-refractivity contribution < 1.29 is 19.5 Å². The highest BCUT2D eigenvalue weighted by molar-refractivity contribution is 6.40. The van der Waals surface area contributed by atoms with Gasteiger partial charge in [-0.15, -0.1) is 0 Å². The summed E-state index contributed by atoms with van der Waals surface area (Å²) in [4.78, 5) is 41.8. The number of nitrogens with zero attached hydrogens (tertiary/aromatic N) is 4. The number of aliphatic hydroxyl groups excluding tert-OH is 1. The quantitative estimate of drug-likeness (QED) is 0.203. The molecule has 4 aliphatic carbocycles. The van der Waals surface area contributed by atoms with Crippen LogP contribution in [0, 0.1) is 17.3 Å². The van der Waals surface area contributed by atoms with Crippen molar-refractivity contribution in [3.05, 3.63) is 53.5 Å². The number of hydrogen-bond donors (Lipinski definition) is 4. The maximum atomic E-state index is 12.8. The van der Waals surface area contributed by atoms with E-state index < -0.39 is 6.10 Å². The summed E-state index contributed by atoms with van der Waals surface area (Å²) in [5, 5.41) is 24.3. The summed E-state index contributed by atoms with van der Waals surface area (Å²) in [6.45, 7) is 3.00. The molecule has 5 aliphatic rings. The van der Waals surface area contributed by atoms with E-state index in [9.17, 15) is 14.7 Å². The second-order valence-corrected chi connectivity index (χ2v) is 13.7. The van der Waals surface area contributed by atoms with Crippen LogP contribution in [0.3, 0.4) is 0 Å². The summed E-state index contributed by atoms with van der Waals surface area (Å²) in [6, 6.07) is 10.5. The van der Waals surface area contributed by atoms with E-state index in [0.717, 1.165) is 58.0 Å². The molecule has 0 unspecified atom stereocenters. The van der Waals surface area contributed by atoms with Gasteiger partial charge in [-0.25, -0.2) is 9.97 Å². The van der Waals surface area contributed by atoms with Gasteiger partial charge in [0.25, 0.3) is 11.8 Å². The Kier molecular flexibility index (Phi) is 8.24. The minimum absolute atomic E-state index is 0.0614. The molecule has 0 saturated heterocycles. The number of β-amino-alcohol motifs (C(OH)–C–C–N with tert-alkyl or cyclic N) is 1. The maximum absolute atomic E-state index is 12.8. The van der Waals surface area contributed by atoms with Crippen LogP contribution in [-0.2, 0) is 22.6 Å². The first kappa shape index (κ1) is 29.2. The second kappa shape index (κ2) is 12.4. The van der Waals surface area contributed by atoms with E-state index in [4.69, 9.17) is 4.84 Å².